The number of carboxylic acid groups (broad SMARTS) is 1. The van der Waals surface area contributed by atoms with Gasteiger partial charge in [0.15, 0.2) is 0 Å². The second-order valence-electron chi connectivity index (χ2n) is 6.08. The predicted molar refractivity (Wildman–Crippen MR) is 78.5 cm³/mol. The predicted octanol–water partition coefficient (Wildman–Crippen LogP) is 1.46. The molecular formula is C14H25NO5S. The van der Waals surface area contributed by atoms with Crippen LogP contribution in [-0.4, -0.2) is 54.8 Å². The highest BCUT2D eigenvalue weighted by Gasteiger charge is 2.50. The van der Waals surface area contributed by atoms with Gasteiger partial charge in [-0.2, -0.15) is 4.31 Å². The number of hydrogen-bond acceptors (Lipinski definition) is 4. The monoisotopic (exact) mass is 319 g/mol. The first-order valence-electron chi connectivity index (χ1n) is 7.67. The van der Waals surface area contributed by atoms with Crippen LogP contribution in [-0.2, 0) is 19.6 Å². The molecule has 21 heavy (non-hydrogen) atoms. The summed E-state index contributed by atoms with van der Waals surface area (Å²) in [6, 6.07) is -1.04. The number of carboxylic acids is 1. The summed E-state index contributed by atoms with van der Waals surface area (Å²) in [6.07, 6.45) is 4.41. The van der Waals surface area contributed by atoms with Crippen LogP contribution in [0, 0.1) is 5.92 Å². The molecule has 2 rings (SSSR count). The van der Waals surface area contributed by atoms with Crippen LogP contribution in [0.3, 0.4) is 0 Å². The number of sulfonamides is 1. The number of fused-ring (bicyclic) bond motifs is 1. The molecule has 1 saturated carbocycles. The molecule has 2 aliphatic rings. The summed E-state index contributed by atoms with van der Waals surface area (Å²) in [5.41, 5.74) is 0. The van der Waals surface area contributed by atoms with E-state index in [1.54, 1.807) is 0 Å². The topological polar surface area (TPSA) is 83.9 Å². The van der Waals surface area contributed by atoms with E-state index in [2.05, 4.69) is 0 Å². The van der Waals surface area contributed by atoms with Crippen molar-refractivity contribution in [3.05, 3.63) is 0 Å². The molecule has 1 N–H and O–H groups in total. The van der Waals surface area contributed by atoms with Gasteiger partial charge in [0.2, 0.25) is 10.0 Å². The van der Waals surface area contributed by atoms with E-state index in [1.165, 1.54) is 11.4 Å². The van der Waals surface area contributed by atoms with E-state index in [0.717, 1.165) is 25.7 Å². The first-order chi connectivity index (χ1) is 9.90. The largest absolute Gasteiger partial charge is 0.480 e. The third kappa shape index (κ3) is 3.40. The fraction of sp³-hybridized carbons (Fsp3) is 0.929. The highest BCUT2D eigenvalue weighted by molar-refractivity contribution is 7.89. The van der Waals surface area contributed by atoms with Crippen molar-refractivity contribution in [2.75, 3.05) is 12.9 Å². The van der Waals surface area contributed by atoms with Gasteiger partial charge in [-0.15, -0.1) is 0 Å². The molecule has 1 saturated heterocycles. The van der Waals surface area contributed by atoms with Gasteiger partial charge in [0, 0.05) is 13.2 Å². The lowest BCUT2D eigenvalue weighted by Gasteiger charge is -2.32. The molecule has 1 aliphatic carbocycles. The summed E-state index contributed by atoms with van der Waals surface area (Å²) >= 11 is 0. The Labute approximate surface area is 126 Å². The standard InChI is InChI=1S/C14H25NO5S/c1-3-11(20-2)9-21(18,19)15-12-7-5-4-6-10(12)8-13(15)14(16)17/h10-13H,3-9H2,1-2H3,(H,16,17). The quantitative estimate of drug-likeness (QED) is 0.801. The molecule has 1 aliphatic heterocycles. The Bertz CT molecular complexity index is 474. The molecule has 6 nitrogen and oxygen atoms in total. The van der Waals surface area contributed by atoms with Crippen LogP contribution in [0.4, 0.5) is 0 Å². The molecule has 2 fully saturated rings. The van der Waals surface area contributed by atoms with Crippen LogP contribution in [0.5, 0.6) is 0 Å². The van der Waals surface area contributed by atoms with E-state index >= 15 is 0 Å². The minimum Gasteiger partial charge on any atom is -0.480 e. The third-order valence-corrected chi connectivity index (χ3v) is 6.78. The van der Waals surface area contributed by atoms with Crippen LogP contribution < -0.4 is 0 Å². The zero-order valence-electron chi connectivity index (χ0n) is 12.7. The Kier molecular flexibility index (Phi) is 5.27. The smallest absolute Gasteiger partial charge is 0.322 e. The van der Waals surface area contributed by atoms with Crippen molar-refractivity contribution in [1.82, 2.24) is 4.31 Å². The van der Waals surface area contributed by atoms with Crippen molar-refractivity contribution in [3.8, 4) is 0 Å². The van der Waals surface area contributed by atoms with E-state index in [4.69, 9.17) is 4.74 Å². The van der Waals surface area contributed by atoms with Gasteiger partial charge < -0.3 is 9.84 Å². The van der Waals surface area contributed by atoms with Gasteiger partial charge in [-0.3, -0.25) is 4.79 Å². The lowest BCUT2D eigenvalue weighted by Crippen LogP contribution is -2.48. The first-order valence-corrected chi connectivity index (χ1v) is 9.28. The fourth-order valence-corrected chi connectivity index (χ4v) is 5.97. The van der Waals surface area contributed by atoms with Gasteiger partial charge in [-0.1, -0.05) is 19.8 Å². The molecular weight excluding hydrogens is 294 g/mol. The lowest BCUT2D eigenvalue weighted by molar-refractivity contribution is -0.141. The van der Waals surface area contributed by atoms with Gasteiger partial charge in [0.25, 0.3) is 0 Å². The molecule has 7 heteroatoms. The number of carbonyl (C=O) groups is 1. The summed E-state index contributed by atoms with van der Waals surface area (Å²) in [7, 11) is -2.13. The van der Waals surface area contributed by atoms with Crippen LogP contribution >= 0.6 is 0 Å². The summed E-state index contributed by atoms with van der Waals surface area (Å²) in [5.74, 6) is -0.969. The molecule has 1 heterocycles. The zero-order valence-corrected chi connectivity index (χ0v) is 13.5. The Morgan fingerprint density at radius 2 is 2.05 bits per heavy atom. The van der Waals surface area contributed by atoms with Crippen molar-refractivity contribution in [2.45, 2.75) is 63.6 Å². The van der Waals surface area contributed by atoms with E-state index in [0.29, 0.717) is 12.8 Å². The Hall–Kier alpha value is -0.660. The Morgan fingerprint density at radius 3 is 2.62 bits per heavy atom. The van der Waals surface area contributed by atoms with Crippen molar-refractivity contribution < 1.29 is 23.1 Å². The normalized spacial score (nSPS) is 31.8. The van der Waals surface area contributed by atoms with Crippen molar-refractivity contribution in [2.24, 2.45) is 5.92 Å². The summed E-state index contributed by atoms with van der Waals surface area (Å²) in [4.78, 5) is 11.5. The van der Waals surface area contributed by atoms with Crippen molar-refractivity contribution in [1.29, 1.82) is 0 Å². The minimum absolute atomic E-state index is 0.132. The van der Waals surface area contributed by atoms with Crippen molar-refractivity contribution >= 4 is 16.0 Å². The molecule has 0 aromatic carbocycles. The maximum Gasteiger partial charge on any atom is 0.322 e. The number of aliphatic carboxylic acids is 1. The summed E-state index contributed by atoms with van der Waals surface area (Å²) in [6.45, 7) is 1.87. The number of rotatable bonds is 6. The van der Waals surface area contributed by atoms with Gasteiger partial charge >= 0.3 is 5.97 Å². The third-order valence-electron chi connectivity index (χ3n) is 4.82. The average Bonchev–Trinajstić information content (AvgIpc) is 2.85. The second kappa shape index (κ2) is 6.62. The summed E-state index contributed by atoms with van der Waals surface area (Å²) < 4.78 is 31.9. The summed E-state index contributed by atoms with van der Waals surface area (Å²) in [5, 5.41) is 9.41. The molecule has 0 aromatic heterocycles. The van der Waals surface area contributed by atoms with Crippen LogP contribution in [0.1, 0.15) is 45.4 Å². The highest BCUT2D eigenvalue weighted by Crippen LogP contribution is 2.41. The minimum atomic E-state index is -3.62. The molecule has 0 radical (unpaired) electrons. The number of hydrogen-bond donors (Lipinski definition) is 1. The molecule has 122 valence electrons. The Morgan fingerprint density at radius 1 is 1.38 bits per heavy atom. The number of nitrogens with zero attached hydrogens (tertiary/aromatic N) is 1. The first kappa shape index (κ1) is 16.7. The van der Waals surface area contributed by atoms with E-state index in [1.807, 2.05) is 6.92 Å². The molecule has 4 atom stereocenters. The van der Waals surface area contributed by atoms with E-state index in [9.17, 15) is 18.3 Å². The molecule has 0 aromatic rings. The molecule has 4 unspecified atom stereocenters. The molecule has 0 bridgehead atoms. The number of ether oxygens (including phenoxy) is 1. The fourth-order valence-electron chi connectivity index (χ4n) is 3.70. The van der Waals surface area contributed by atoms with Crippen LogP contribution in [0.15, 0.2) is 0 Å². The highest BCUT2D eigenvalue weighted by atomic mass is 32.2. The second-order valence-corrected chi connectivity index (χ2v) is 7.99. The van der Waals surface area contributed by atoms with Gasteiger partial charge in [0.05, 0.1) is 11.9 Å². The van der Waals surface area contributed by atoms with E-state index in [-0.39, 0.29) is 23.8 Å². The van der Waals surface area contributed by atoms with Crippen molar-refractivity contribution in [3.63, 3.8) is 0 Å². The van der Waals surface area contributed by atoms with Gasteiger partial charge in [-0.05, 0) is 31.6 Å². The van der Waals surface area contributed by atoms with Gasteiger partial charge in [0.1, 0.15) is 6.04 Å². The van der Waals surface area contributed by atoms with E-state index < -0.39 is 22.0 Å². The SMILES string of the molecule is CCC(CS(=O)(=O)N1C(C(=O)O)CC2CCCCC21)OC. The number of methoxy groups -OCH3 is 1. The lowest BCUT2D eigenvalue weighted by atomic mass is 9.85. The maximum absolute atomic E-state index is 12.7. The van der Waals surface area contributed by atoms with Crippen LogP contribution in [0.25, 0.3) is 0 Å². The van der Waals surface area contributed by atoms with Gasteiger partial charge in [-0.25, -0.2) is 8.42 Å². The Balaban J connectivity index is 2.26. The van der Waals surface area contributed by atoms with Crippen LogP contribution in [0.2, 0.25) is 0 Å². The molecule has 0 amide bonds. The zero-order chi connectivity index (χ0) is 15.6. The molecule has 0 spiro atoms. The maximum atomic E-state index is 12.7. The average molecular weight is 319 g/mol.